The van der Waals surface area contributed by atoms with E-state index in [0.717, 1.165) is 6.07 Å². The Morgan fingerprint density at radius 1 is 0.905 bits per heavy atom. The molecule has 4 nitrogen and oxygen atoms in total. The zero-order chi connectivity index (χ0) is 15.8. The van der Waals surface area contributed by atoms with E-state index in [0.29, 0.717) is 24.3 Å². The van der Waals surface area contributed by atoms with E-state index >= 15 is 0 Å². The highest BCUT2D eigenvalue weighted by Gasteiger charge is 2.23. The van der Waals surface area contributed by atoms with Crippen LogP contribution in [0.4, 0.5) is 28.9 Å². The van der Waals surface area contributed by atoms with Gasteiger partial charge in [0.25, 0.3) is 10.0 Å². The van der Waals surface area contributed by atoms with Crippen molar-refractivity contribution < 1.29 is 26.0 Å². The highest BCUT2D eigenvalue weighted by molar-refractivity contribution is 7.92. The Bertz CT molecular complexity index is 809. The van der Waals surface area contributed by atoms with Gasteiger partial charge in [-0.05, 0) is 24.3 Å². The smallest absolute Gasteiger partial charge is 0.265 e. The van der Waals surface area contributed by atoms with Crippen LogP contribution < -0.4 is 10.5 Å². The summed E-state index contributed by atoms with van der Waals surface area (Å²) in [5.41, 5.74) is 4.60. The fraction of sp³-hybridized carbons (Fsp3) is 0. The summed E-state index contributed by atoms with van der Waals surface area (Å²) >= 11 is 0. The van der Waals surface area contributed by atoms with Gasteiger partial charge in [0.2, 0.25) is 0 Å². The average Bonchev–Trinajstić information content (AvgIpc) is 2.37. The highest BCUT2D eigenvalue weighted by Crippen LogP contribution is 2.24. The average molecular weight is 320 g/mol. The first-order valence-electron chi connectivity index (χ1n) is 5.43. The highest BCUT2D eigenvalue weighted by atomic mass is 32.2. The van der Waals surface area contributed by atoms with Gasteiger partial charge in [0.15, 0.2) is 23.3 Å². The van der Waals surface area contributed by atoms with Gasteiger partial charge >= 0.3 is 0 Å². The van der Waals surface area contributed by atoms with Gasteiger partial charge in [-0.2, -0.15) is 0 Å². The van der Waals surface area contributed by atoms with Crippen LogP contribution in [0.15, 0.2) is 35.2 Å². The number of halogens is 4. The predicted molar refractivity (Wildman–Crippen MR) is 67.9 cm³/mol. The Morgan fingerprint density at radius 2 is 1.57 bits per heavy atom. The first kappa shape index (κ1) is 15.1. The second kappa shape index (κ2) is 5.24. The van der Waals surface area contributed by atoms with Crippen molar-refractivity contribution in [2.45, 2.75) is 4.90 Å². The van der Waals surface area contributed by atoms with E-state index in [4.69, 9.17) is 5.73 Å². The van der Waals surface area contributed by atoms with Crippen molar-refractivity contribution in [2.75, 3.05) is 10.5 Å². The Hall–Kier alpha value is -2.29. The summed E-state index contributed by atoms with van der Waals surface area (Å²) in [5.74, 6) is -5.55. The quantitative estimate of drug-likeness (QED) is 0.674. The number of hydrogen-bond acceptors (Lipinski definition) is 3. The molecule has 0 aliphatic carbocycles. The number of nitrogens with two attached hydrogens (primary N) is 1. The predicted octanol–water partition coefficient (Wildman–Crippen LogP) is 2.63. The van der Waals surface area contributed by atoms with Crippen LogP contribution in [-0.4, -0.2) is 8.42 Å². The fourth-order valence-corrected chi connectivity index (χ4v) is 2.72. The zero-order valence-corrected chi connectivity index (χ0v) is 11.0. The Balaban J connectivity index is 2.45. The van der Waals surface area contributed by atoms with E-state index in [1.54, 1.807) is 4.72 Å². The molecule has 9 heteroatoms. The number of benzene rings is 2. The molecule has 0 fully saturated rings. The minimum absolute atomic E-state index is 0.306. The van der Waals surface area contributed by atoms with Gasteiger partial charge in [0.05, 0.1) is 5.69 Å². The van der Waals surface area contributed by atoms with Gasteiger partial charge in [-0.1, -0.05) is 0 Å². The SMILES string of the molecule is Nc1cc(F)c(F)c(S(=O)(=O)Nc2ccc(F)c(F)c2)c1. The lowest BCUT2D eigenvalue weighted by Gasteiger charge is -2.10. The van der Waals surface area contributed by atoms with Crippen molar-refractivity contribution in [1.29, 1.82) is 0 Å². The van der Waals surface area contributed by atoms with Gasteiger partial charge in [0, 0.05) is 11.8 Å². The number of hydrogen-bond donors (Lipinski definition) is 2. The van der Waals surface area contributed by atoms with Crippen LogP contribution in [0.25, 0.3) is 0 Å². The molecule has 0 aliphatic rings. The minimum atomic E-state index is -4.55. The third-order valence-corrected chi connectivity index (χ3v) is 3.86. The molecule has 2 rings (SSSR count). The molecule has 0 heterocycles. The number of nitrogen functional groups attached to an aromatic ring is 1. The summed E-state index contributed by atoms with van der Waals surface area (Å²) in [6, 6.07) is 3.50. The van der Waals surface area contributed by atoms with Gasteiger partial charge < -0.3 is 5.73 Å². The standard InChI is InChI=1S/C12H8F4N2O2S/c13-8-2-1-7(5-9(8)14)18-21(19,20)11-4-6(17)3-10(15)12(11)16/h1-5,18H,17H2. The van der Waals surface area contributed by atoms with Crippen LogP contribution in [0.5, 0.6) is 0 Å². The van der Waals surface area contributed by atoms with Crippen molar-refractivity contribution in [1.82, 2.24) is 0 Å². The maximum atomic E-state index is 13.5. The molecule has 112 valence electrons. The van der Waals surface area contributed by atoms with Crippen LogP contribution in [0.3, 0.4) is 0 Å². The maximum Gasteiger partial charge on any atom is 0.265 e. The van der Waals surface area contributed by atoms with Crippen LogP contribution in [0.1, 0.15) is 0 Å². The molecule has 0 saturated carbocycles. The van der Waals surface area contributed by atoms with Crippen molar-refractivity contribution in [3.8, 4) is 0 Å². The number of sulfonamides is 1. The van der Waals surface area contributed by atoms with E-state index in [1.807, 2.05) is 0 Å². The molecular weight excluding hydrogens is 312 g/mol. The molecule has 0 bridgehead atoms. The molecule has 0 amide bonds. The summed E-state index contributed by atoms with van der Waals surface area (Å²) in [6.07, 6.45) is 0. The van der Waals surface area contributed by atoms with Crippen LogP contribution in [0.2, 0.25) is 0 Å². The molecular formula is C12H8F4N2O2S. The van der Waals surface area contributed by atoms with Crippen LogP contribution in [-0.2, 0) is 10.0 Å². The molecule has 0 aliphatic heterocycles. The third kappa shape index (κ3) is 3.07. The molecule has 0 radical (unpaired) electrons. The summed E-state index contributed by atoms with van der Waals surface area (Å²) < 4.78 is 78.1. The third-order valence-electron chi connectivity index (χ3n) is 2.48. The van der Waals surface area contributed by atoms with Crippen LogP contribution in [0, 0.1) is 23.3 Å². The number of anilines is 2. The molecule has 0 unspecified atom stereocenters. The lowest BCUT2D eigenvalue weighted by molar-refractivity contribution is 0.486. The van der Waals surface area contributed by atoms with E-state index in [1.165, 1.54) is 0 Å². The Labute approximate surface area is 117 Å². The van der Waals surface area contributed by atoms with Crippen molar-refractivity contribution >= 4 is 21.4 Å². The minimum Gasteiger partial charge on any atom is -0.399 e. The van der Waals surface area contributed by atoms with E-state index in [-0.39, 0.29) is 11.4 Å². The van der Waals surface area contributed by atoms with Gasteiger partial charge in [0.1, 0.15) is 4.90 Å². The number of rotatable bonds is 3. The van der Waals surface area contributed by atoms with Gasteiger partial charge in [-0.3, -0.25) is 4.72 Å². The largest absolute Gasteiger partial charge is 0.399 e. The normalized spacial score (nSPS) is 11.4. The second-order valence-corrected chi connectivity index (χ2v) is 5.70. The lowest BCUT2D eigenvalue weighted by atomic mass is 10.3. The van der Waals surface area contributed by atoms with E-state index in [9.17, 15) is 26.0 Å². The summed E-state index contributed by atoms with van der Waals surface area (Å²) in [7, 11) is -4.55. The summed E-state index contributed by atoms with van der Waals surface area (Å²) in [4.78, 5) is -1.04. The first-order chi connectivity index (χ1) is 9.70. The molecule has 0 saturated heterocycles. The monoisotopic (exact) mass is 320 g/mol. The molecule has 0 aromatic heterocycles. The second-order valence-electron chi connectivity index (χ2n) is 4.05. The van der Waals surface area contributed by atoms with Crippen molar-refractivity contribution in [3.63, 3.8) is 0 Å². The molecule has 0 atom stereocenters. The lowest BCUT2D eigenvalue weighted by Crippen LogP contribution is -2.16. The number of nitrogens with one attached hydrogen (secondary N) is 1. The molecule has 2 aromatic carbocycles. The van der Waals surface area contributed by atoms with E-state index < -0.39 is 38.2 Å². The van der Waals surface area contributed by atoms with Crippen LogP contribution >= 0.6 is 0 Å². The topological polar surface area (TPSA) is 72.2 Å². The molecule has 2 aromatic rings. The van der Waals surface area contributed by atoms with Crippen molar-refractivity contribution in [2.24, 2.45) is 0 Å². The Kier molecular flexibility index (Phi) is 3.77. The molecule has 0 spiro atoms. The zero-order valence-electron chi connectivity index (χ0n) is 10.2. The fourth-order valence-electron chi connectivity index (χ4n) is 1.55. The molecule has 21 heavy (non-hydrogen) atoms. The summed E-state index contributed by atoms with van der Waals surface area (Å²) in [5, 5.41) is 0. The van der Waals surface area contributed by atoms with Gasteiger partial charge in [-0.15, -0.1) is 0 Å². The maximum absolute atomic E-state index is 13.5. The van der Waals surface area contributed by atoms with Gasteiger partial charge in [-0.25, -0.2) is 26.0 Å². The first-order valence-corrected chi connectivity index (χ1v) is 6.91. The Morgan fingerprint density at radius 3 is 2.19 bits per heavy atom. The van der Waals surface area contributed by atoms with Crippen molar-refractivity contribution in [3.05, 3.63) is 53.6 Å². The van der Waals surface area contributed by atoms with E-state index in [2.05, 4.69) is 0 Å². The molecule has 3 N–H and O–H groups in total. The summed E-state index contributed by atoms with van der Waals surface area (Å²) in [6.45, 7) is 0.